The van der Waals surface area contributed by atoms with E-state index >= 15 is 0 Å². The first-order chi connectivity index (χ1) is 11.5. The number of hydrogen-bond donors (Lipinski definition) is 0. The summed E-state index contributed by atoms with van der Waals surface area (Å²) in [4.78, 5) is 27.9. The average Bonchev–Trinajstić information content (AvgIpc) is 2.88. The van der Waals surface area contributed by atoms with E-state index in [4.69, 9.17) is 0 Å². The number of benzene rings is 2. The molecular formula is C20H20N2O2. The van der Waals surface area contributed by atoms with Gasteiger partial charge < -0.3 is 9.80 Å². The standard InChI is InChI=1S/C20H20N2O2/c1-4-19(23)22(12-15-7-5-14(2)6-8-15)17-10-9-16-13-21(3)20(24)18(16)11-17/h4-11H,1,12-13H2,2-3H3. The molecule has 0 bridgehead atoms. The molecule has 0 unspecified atom stereocenters. The molecule has 2 aromatic carbocycles. The summed E-state index contributed by atoms with van der Waals surface area (Å²) in [7, 11) is 1.78. The molecular weight excluding hydrogens is 300 g/mol. The van der Waals surface area contributed by atoms with Crippen LogP contribution < -0.4 is 4.90 Å². The number of rotatable bonds is 4. The molecule has 1 aliphatic heterocycles. The van der Waals surface area contributed by atoms with Crippen LogP contribution >= 0.6 is 0 Å². The summed E-state index contributed by atoms with van der Waals surface area (Å²) in [5, 5.41) is 0. The number of amides is 2. The van der Waals surface area contributed by atoms with Crippen LogP contribution in [0.4, 0.5) is 5.69 Å². The number of hydrogen-bond acceptors (Lipinski definition) is 2. The van der Waals surface area contributed by atoms with Crippen molar-refractivity contribution in [3.05, 3.63) is 77.4 Å². The van der Waals surface area contributed by atoms with Crippen LogP contribution in [-0.4, -0.2) is 23.8 Å². The van der Waals surface area contributed by atoms with Gasteiger partial charge >= 0.3 is 0 Å². The van der Waals surface area contributed by atoms with Gasteiger partial charge in [-0.3, -0.25) is 9.59 Å². The van der Waals surface area contributed by atoms with Crippen LogP contribution in [0.1, 0.15) is 27.0 Å². The second-order valence-corrected chi connectivity index (χ2v) is 6.12. The highest BCUT2D eigenvalue weighted by Gasteiger charge is 2.26. The molecule has 1 aliphatic rings. The van der Waals surface area contributed by atoms with E-state index in [0.717, 1.165) is 11.1 Å². The Morgan fingerprint density at radius 2 is 1.96 bits per heavy atom. The van der Waals surface area contributed by atoms with Crippen molar-refractivity contribution in [2.45, 2.75) is 20.0 Å². The van der Waals surface area contributed by atoms with Gasteiger partial charge in [0.25, 0.3) is 11.8 Å². The minimum Gasteiger partial charge on any atom is -0.337 e. The highest BCUT2D eigenvalue weighted by molar-refractivity contribution is 6.03. The molecule has 0 aliphatic carbocycles. The number of nitrogens with zero attached hydrogens (tertiary/aromatic N) is 2. The topological polar surface area (TPSA) is 40.6 Å². The Kier molecular flexibility index (Phi) is 4.21. The molecule has 0 aromatic heterocycles. The quantitative estimate of drug-likeness (QED) is 0.811. The zero-order valence-electron chi connectivity index (χ0n) is 14.0. The molecule has 0 radical (unpaired) electrons. The van der Waals surface area contributed by atoms with Crippen LogP contribution in [0, 0.1) is 6.92 Å². The summed E-state index contributed by atoms with van der Waals surface area (Å²) in [5.74, 6) is -0.192. The van der Waals surface area contributed by atoms with Crippen molar-refractivity contribution < 1.29 is 9.59 Å². The van der Waals surface area contributed by atoms with E-state index in [1.54, 1.807) is 22.9 Å². The molecule has 0 saturated heterocycles. The van der Waals surface area contributed by atoms with Crippen LogP contribution in [0.3, 0.4) is 0 Å². The molecule has 3 rings (SSSR count). The first-order valence-electron chi connectivity index (χ1n) is 7.87. The zero-order chi connectivity index (χ0) is 17.3. The van der Waals surface area contributed by atoms with E-state index < -0.39 is 0 Å². The molecule has 2 aromatic rings. The first-order valence-corrected chi connectivity index (χ1v) is 7.87. The van der Waals surface area contributed by atoms with Crippen molar-refractivity contribution in [2.75, 3.05) is 11.9 Å². The van der Waals surface area contributed by atoms with Crippen molar-refractivity contribution in [3.63, 3.8) is 0 Å². The Hall–Kier alpha value is -2.88. The van der Waals surface area contributed by atoms with E-state index in [-0.39, 0.29) is 11.8 Å². The Morgan fingerprint density at radius 3 is 2.62 bits per heavy atom. The summed E-state index contributed by atoms with van der Waals surface area (Å²) in [6.45, 7) is 6.67. The minimum absolute atomic E-state index is 0.00631. The lowest BCUT2D eigenvalue weighted by atomic mass is 10.1. The maximum absolute atomic E-state index is 12.3. The van der Waals surface area contributed by atoms with Gasteiger partial charge in [-0.2, -0.15) is 0 Å². The van der Waals surface area contributed by atoms with Crippen LogP contribution in [0.25, 0.3) is 0 Å². The monoisotopic (exact) mass is 320 g/mol. The number of carbonyl (C=O) groups is 2. The summed E-state index contributed by atoms with van der Waals surface area (Å²) in [6, 6.07) is 13.7. The predicted octanol–water partition coefficient (Wildman–Crippen LogP) is 3.30. The molecule has 0 saturated carbocycles. The van der Waals surface area contributed by atoms with Crippen molar-refractivity contribution in [3.8, 4) is 0 Å². The van der Waals surface area contributed by atoms with Crippen molar-refractivity contribution in [2.24, 2.45) is 0 Å². The third kappa shape index (κ3) is 2.95. The van der Waals surface area contributed by atoms with Gasteiger partial charge in [0, 0.05) is 24.8 Å². The zero-order valence-corrected chi connectivity index (χ0v) is 14.0. The van der Waals surface area contributed by atoms with Gasteiger partial charge in [0.05, 0.1) is 6.54 Å². The molecule has 0 fully saturated rings. The second-order valence-electron chi connectivity index (χ2n) is 6.12. The van der Waals surface area contributed by atoms with Gasteiger partial charge in [0.1, 0.15) is 0 Å². The number of aryl methyl sites for hydroxylation is 1. The van der Waals surface area contributed by atoms with E-state index in [9.17, 15) is 9.59 Å². The Balaban J connectivity index is 1.95. The number of anilines is 1. The Morgan fingerprint density at radius 1 is 1.25 bits per heavy atom. The smallest absolute Gasteiger partial charge is 0.254 e. The van der Waals surface area contributed by atoms with Gasteiger partial charge in [-0.25, -0.2) is 0 Å². The molecule has 1 heterocycles. The van der Waals surface area contributed by atoms with Gasteiger partial charge in [-0.15, -0.1) is 0 Å². The third-order valence-corrected chi connectivity index (χ3v) is 4.29. The van der Waals surface area contributed by atoms with E-state index in [2.05, 4.69) is 6.58 Å². The van der Waals surface area contributed by atoms with Crippen molar-refractivity contribution >= 4 is 17.5 Å². The van der Waals surface area contributed by atoms with Crippen LogP contribution in [0.15, 0.2) is 55.1 Å². The Labute approximate surface area is 142 Å². The van der Waals surface area contributed by atoms with E-state index in [0.29, 0.717) is 24.3 Å². The predicted molar refractivity (Wildman–Crippen MR) is 94.8 cm³/mol. The van der Waals surface area contributed by atoms with Gasteiger partial charge in [0.15, 0.2) is 0 Å². The molecule has 0 atom stereocenters. The molecule has 122 valence electrons. The summed E-state index contributed by atoms with van der Waals surface area (Å²) in [5.41, 5.74) is 4.57. The SMILES string of the molecule is C=CC(=O)N(Cc1ccc(C)cc1)c1ccc2c(c1)C(=O)N(C)C2. The Bertz CT molecular complexity index is 809. The number of fused-ring (bicyclic) bond motifs is 1. The average molecular weight is 320 g/mol. The highest BCUT2D eigenvalue weighted by Crippen LogP contribution is 2.27. The van der Waals surface area contributed by atoms with Gasteiger partial charge in [-0.05, 0) is 36.3 Å². The van der Waals surface area contributed by atoms with Crippen LogP contribution in [0.5, 0.6) is 0 Å². The normalized spacial score (nSPS) is 12.9. The van der Waals surface area contributed by atoms with Crippen LogP contribution in [0.2, 0.25) is 0 Å². The lowest BCUT2D eigenvalue weighted by Crippen LogP contribution is -2.28. The summed E-state index contributed by atoms with van der Waals surface area (Å²) < 4.78 is 0. The highest BCUT2D eigenvalue weighted by atomic mass is 16.2. The summed E-state index contributed by atoms with van der Waals surface area (Å²) in [6.07, 6.45) is 1.30. The fourth-order valence-corrected chi connectivity index (χ4v) is 2.88. The van der Waals surface area contributed by atoms with Crippen molar-refractivity contribution in [1.82, 2.24) is 4.90 Å². The number of carbonyl (C=O) groups excluding carboxylic acids is 2. The third-order valence-electron chi connectivity index (χ3n) is 4.29. The maximum atomic E-state index is 12.3. The largest absolute Gasteiger partial charge is 0.337 e. The van der Waals surface area contributed by atoms with E-state index in [1.165, 1.54) is 11.6 Å². The molecule has 0 N–H and O–H groups in total. The van der Waals surface area contributed by atoms with Crippen LogP contribution in [-0.2, 0) is 17.9 Å². The molecule has 4 nitrogen and oxygen atoms in total. The van der Waals surface area contributed by atoms with Gasteiger partial charge in [0.2, 0.25) is 0 Å². The first kappa shape index (κ1) is 16.0. The maximum Gasteiger partial charge on any atom is 0.254 e. The second kappa shape index (κ2) is 6.32. The lowest BCUT2D eigenvalue weighted by molar-refractivity contribution is -0.114. The summed E-state index contributed by atoms with van der Waals surface area (Å²) >= 11 is 0. The van der Waals surface area contributed by atoms with Crippen molar-refractivity contribution in [1.29, 1.82) is 0 Å². The molecule has 4 heteroatoms. The lowest BCUT2D eigenvalue weighted by Gasteiger charge is -2.22. The van der Waals surface area contributed by atoms with E-state index in [1.807, 2.05) is 43.3 Å². The fraction of sp³-hybridized carbons (Fsp3) is 0.200. The van der Waals surface area contributed by atoms with Gasteiger partial charge in [-0.1, -0.05) is 42.5 Å². The fourth-order valence-electron chi connectivity index (χ4n) is 2.88. The minimum atomic E-state index is -0.186. The molecule has 24 heavy (non-hydrogen) atoms. The molecule has 0 spiro atoms. The molecule has 2 amide bonds.